The molecule has 0 bridgehead atoms. The number of rotatable bonds is 2. The summed E-state index contributed by atoms with van der Waals surface area (Å²) in [5.74, 6) is 0. The Labute approximate surface area is 127 Å². The Balaban J connectivity index is 2.10. The minimum atomic E-state index is -0.266. The van der Waals surface area contributed by atoms with Gasteiger partial charge in [-0.3, -0.25) is 9.59 Å². The molecule has 22 heavy (non-hydrogen) atoms. The van der Waals surface area contributed by atoms with Gasteiger partial charge < -0.3 is 4.98 Å². The van der Waals surface area contributed by atoms with Crippen LogP contribution in [0.3, 0.4) is 0 Å². The Kier molecular flexibility index (Phi) is 3.20. The molecule has 0 radical (unpaired) electrons. The van der Waals surface area contributed by atoms with Crippen LogP contribution in [0.1, 0.15) is 36.8 Å². The molecule has 0 atom stereocenters. The van der Waals surface area contributed by atoms with E-state index in [1.54, 1.807) is 6.20 Å². The summed E-state index contributed by atoms with van der Waals surface area (Å²) < 4.78 is 1.44. The van der Waals surface area contributed by atoms with Crippen molar-refractivity contribution < 1.29 is 4.79 Å². The van der Waals surface area contributed by atoms with Crippen molar-refractivity contribution in [3.63, 3.8) is 0 Å². The molecule has 0 aliphatic heterocycles. The average molecular weight is 295 g/mol. The number of fused-ring (bicyclic) bond motifs is 1. The maximum absolute atomic E-state index is 12.1. The van der Waals surface area contributed by atoms with E-state index >= 15 is 0 Å². The number of nitrogens with zero attached hydrogens (tertiary/aromatic N) is 2. The van der Waals surface area contributed by atoms with Crippen molar-refractivity contribution in [3.05, 3.63) is 58.1 Å². The van der Waals surface area contributed by atoms with Crippen molar-refractivity contribution >= 4 is 11.8 Å². The summed E-state index contributed by atoms with van der Waals surface area (Å²) in [4.78, 5) is 25.7. The monoisotopic (exact) mass is 295 g/mol. The van der Waals surface area contributed by atoms with Crippen LogP contribution in [-0.2, 0) is 5.41 Å². The molecule has 0 amide bonds. The van der Waals surface area contributed by atoms with E-state index in [-0.39, 0.29) is 16.7 Å². The summed E-state index contributed by atoms with van der Waals surface area (Å²) in [6.07, 6.45) is 2.35. The maximum Gasteiger partial charge on any atom is 0.274 e. The van der Waals surface area contributed by atoms with Crippen LogP contribution in [0, 0.1) is 0 Å². The van der Waals surface area contributed by atoms with Crippen LogP contribution in [0.25, 0.3) is 16.8 Å². The molecule has 2 aromatic heterocycles. The summed E-state index contributed by atoms with van der Waals surface area (Å²) in [6, 6.07) is 9.53. The Morgan fingerprint density at radius 2 is 1.86 bits per heavy atom. The Morgan fingerprint density at radius 1 is 1.18 bits per heavy atom. The molecule has 5 nitrogen and oxygen atoms in total. The maximum atomic E-state index is 12.1. The van der Waals surface area contributed by atoms with Gasteiger partial charge in [0.15, 0.2) is 6.29 Å². The highest BCUT2D eigenvalue weighted by molar-refractivity contribution is 5.75. The third-order valence-electron chi connectivity index (χ3n) is 3.67. The van der Waals surface area contributed by atoms with Crippen molar-refractivity contribution in [3.8, 4) is 11.3 Å². The van der Waals surface area contributed by atoms with Gasteiger partial charge in [0.1, 0.15) is 11.2 Å². The second kappa shape index (κ2) is 4.94. The molecule has 3 rings (SSSR count). The number of H-pyrrole nitrogens is 1. The van der Waals surface area contributed by atoms with Gasteiger partial charge in [-0.1, -0.05) is 45.0 Å². The summed E-state index contributed by atoms with van der Waals surface area (Å²) in [7, 11) is 0. The number of benzene rings is 1. The standard InChI is InChI=1S/C17H17N3O2/c1-17(2,3)12-6-4-11(5-7-12)14-9-20-15(16(22)18-14)8-13(10-21)19-20/h4-10H,1-3H3,(H,18,22). The first-order valence-electron chi connectivity index (χ1n) is 7.07. The van der Waals surface area contributed by atoms with Gasteiger partial charge in [0.25, 0.3) is 5.56 Å². The van der Waals surface area contributed by atoms with Gasteiger partial charge in [-0.15, -0.1) is 0 Å². The minimum Gasteiger partial charge on any atom is -0.319 e. The van der Waals surface area contributed by atoms with E-state index in [1.807, 2.05) is 12.1 Å². The predicted molar refractivity (Wildman–Crippen MR) is 85.3 cm³/mol. The third kappa shape index (κ3) is 2.45. The molecular formula is C17H17N3O2. The van der Waals surface area contributed by atoms with E-state index in [0.717, 1.165) is 5.56 Å². The first-order valence-corrected chi connectivity index (χ1v) is 7.07. The van der Waals surface area contributed by atoms with Crippen LogP contribution in [0.2, 0.25) is 0 Å². The zero-order valence-corrected chi connectivity index (χ0v) is 12.8. The molecule has 0 aliphatic rings. The normalized spacial score (nSPS) is 11.8. The molecule has 3 aromatic rings. The molecule has 0 unspecified atom stereocenters. The summed E-state index contributed by atoms with van der Waals surface area (Å²) in [5.41, 5.74) is 3.20. The number of carbonyl (C=O) groups excluding carboxylic acids is 1. The highest BCUT2D eigenvalue weighted by atomic mass is 16.1. The lowest BCUT2D eigenvalue weighted by Crippen LogP contribution is -2.12. The second-order valence-electron chi connectivity index (χ2n) is 6.34. The van der Waals surface area contributed by atoms with Crippen molar-refractivity contribution in [1.82, 2.24) is 14.6 Å². The van der Waals surface area contributed by atoms with Gasteiger partial charge in [-0.05, 0) is 16.5 Å². The molecule has 0 spiro atoms. The summed E-state index contributed by atoms with van der Waals surface area (Å²) in [5, 5.41) is 4.06. The van der Waals surface area contributed by atoms with E-state index in [1.165, 1.54) is 16.1 Å². The predicted octanol–water partition coefficient (Wildman–Crippen LogP) is 2.80. The van der Waals surface area contributed by atoms with Gasteiger partial charge in [-0.25, -0.2) is 4.52 Å². The lowest BCUT2D eigenvalue weighted by Gasteiger charge is -2.19. The van der Waals surface area contributed by atoms with Crippen LogP contribution < -0.4 is 5.56 Å². The van der Waals surface area contributed by atoms with Crippen molar-refractivity contribution in [2.75, 3.05) is 0 Å². The molecule has 0 aliphatic carbocycles. The highest BCUT2D eigenvalue weighted by Crippen LogP contribution is 2.25. The number of aromatic nitrogens is 3. The Hall–Kier alpha value is -2.69. The second-order valence-corrected chi connectivity index (χ2v) is 6.34. The van der Waals surface area contributed by atoms with E-state index in [4.69, 9.17) is 0 Å². The van der Waals surface area contributed by atoms with Gasteiger partial charge in [0.05, 0.1) is 11.9 Å². The number of carbonyl (C=O) groups is 1. The smallest absolute Gasteiger partial charge is 0.274 e. The van der Waals surface area contributed by atoms with Crippen molar-refractivity contribution in [2.24, 2.45) is 0 Å². The molecule has 0 saturated carbocycles. The van der Waals surface area contributed by atoms with Crippen LogP contribution in [0.4, 0.5) is 0 Å². The zero-order chi connectivity index (χ0) is 15.9. The van der Waals surface area contributed by atoms with Gasteiger partial charge in [-0.2, -0.15) is 5.10 Å². The number of hydrogen-bond acceptors (Lipinski definition) is 3. The molecule has 5 heteroatoms. The number of aldehydes is 1. The van der Waals surface area contributed by atoms with Crippen molar-refractivity contribution in [1.29, 1.82) is 0 Å². The SMILES string of the molecule is CC(C)(C)c1ccc(-c2cn3nc(C=O)cc3c(=O)[nH]2)cc1. The molecule has 1 N–H and O–H groups in total. The third-order valence-corrected chi connectivity index (χ3v) is 3.67. The van der Waals surface area contributed by atoms with E-state index in [0.29, 0.717) is 17.5 Å². The fraction of sp³-hybridized carbons (Fsp3) is 0.235. The quantitative estimate of drug-likeness (QED) is 0.739. The van der Waals surface area contributed by atoms with Crippen LogP contribution in [0.5, 0.6) is 0 Å². The number of aromatic amines is 1. The van der Waals surface area contributed by atoms with E-state index in [2.05, 4.69) is 43.0 Å². The fourth-order valence-electron chi connectivity index (χ4n) is 2.38. The van der Waals surface area contributed by atoms with E-state index < -0.39 is 0 Å². The minimum absolute atomic E-state index is 0.0801. The molecule has 0 saturated heterocycles. The largest absolute Gasteiger partial charge is 0.319 e. The average Bonchev–Trinajstić information content (AvgIpc) is 2.90. The van der Waals surface area contributed by atoms with Gasteiger partial charge >= 0.3 is 0 Å². The van der Waals surface area contributed by atoms with Crippen LogP contribution >= 0.6 is 0 Å². The van der Waals surface area contributed by atoms with Crippen LogP contribution in [0.15, 0.2) is 41.3 Å². The van der Waals surface area contributed by atoms with Crippen molar-refractivity contribution in [2.45, 2.75) is 26.2 Å². The number of nitrogens with one attached hydrogen (secondary N) is 1. The summed E-state index contributed by atoms with van der Waals surface area (Å²) >= 11 is 0. The topological polar surface area (TPSA) is 67.2 Å². The lowest BCUT2D eigenvalue weighted by atomic mass is 9.86. The first kappa shape index (κ1) is 14.3. The zero-order valence-electron chi connectivity index (χ0n) is 12.8. The molecule has 0 fully saturated rings. The molecular weight excluding hydrogens is 278 g/mol. The van der Waals surface area contributed by atoms with Crippen LogP contribution in [-0.4, -0.2) is 20.9 Å². The highest BCUT2D eigenvalue weighted by Gasteiger charge is 2.13. The van der Waals surface area contributed by atoms with Gasteiger partial charge in [0, 0.05) is 6.07 Å². The Morgan fingerprint density at radius 3 is 2.45 bits per heavy atom. The molecule has 1 aromatic carbocycles. The first-order chi connectivity index (χ1) is 10.4. The fourth-order valence-corrected chi connectivity index (χ4v) is 2.38. The van der Waals surface area contributed by atoms with E-state index in [9.17, 15) is 9.59 Å². The summed E-state index contributed by atoms with van der Waals surface area (Å²) in [6.45, 7) is 6.46. The molecule has 112 valence electrons. The molecule has 2 heterocycles. The van der Waals surface area contributed by atoms with Gasteiger partial charge in [0.2, 0.25) is 0 Å². The Bertz CT molecular complexity index is 896. The lowest BCUT2D eigenvalue weighted by molar-refractivity contribution is 0.111. The number of hydrogen-bond donors (Lipinski definition) is 1.